The standard InChI is InChI=1S/C23H30N2O2S/c1-17-12-18(2)15-25(14-17)16-21-7-5-4-6-20(21)13-24-23(26)19-8-10-22(11-9-19)28(3)27/h4-11,17-18H,12-16H2,1-3H3,(H,24,26). The van der Waals surface area contributed by atoms with Crippen LogP contribution in [0.15, 0.2) is 53.4 Å². The zero-order valence-electron chi connectivity index (χ0n) is 17.0. The number of hydrogen-bond donors (Lipinski definition) is 1. The van der Waals surface area contributed by atoms with E-state index in [9.17, 15) is 9.00 Å². The van der Waals surface area contributed by atoms with Gasteiger partial charge in [-0.25, -0.2) is 0 Å². The fourth-order valence-electron chi connectivity index (χ4n) is 4.12. The molecule has 1 heterocycles. The van der Waals surface area contributed by atoms with Gasteiger partial charge in [0.25, 0.3) is 5.91 Å². The Morgan fingerprint density at radius 3 is 2.25 bits per heavy atom. The number of benzene rings is 2. The molecule has 150 valence electrons. The summed E-state index contributed by atoms with van der Waals surface area (Å²) in [6.07, 6.45) is 2.94. The molecule has 2 aromatic rings. The first-order chi connectivity index (χ1) is 13.4. The number of carbonyl (C=O) groups excluding carboxylic acids is 1. The van der Waals surface area contributed by atoms with Gasteiger partial charge in [-0.05, 0) is 53.6 Å². The van der Waals surface area contributed by atoms with E-state index in [1.165, 1.54) is 12.0 Å². The summed E-state index contributed by atoms with van der Waals surface area (Å²) in [5.74, 6) is 1.36. The van der Waals surface area contributed by atoms with E-state index in [0.29, 0.717) is 12.1 Å². The minimum absolute atomic E-state index is 0.108. The molecule has 4 nitrogen and oxygen atoms in total. The van der Waals surface area contributed by atoms with Crippen LogP contribution in [-0.4, -0.2) is 34.4 Å². The van der Waals surface area contributed by atoms with Gasteiger partial charge in [-0.2, -0.15) is 0 Å². The molecule has 2 aromatic carbocycles. The van der Waals surface area contributed by atoms with Crippen LogP contribution in [0.2, 0.25) is 0 Å². The average molecular weight is 399 g/mol. The van der Waals surface area contributed by atoms with Crippen LogP contribution in [0.25, 0.3) is 0 Å². The van der Waals surface area contributed by atoms with Crippen LogP contribution >= 0.6 is 0 Å². The van der Waals surface area contributed by atoms with Gasteiger partial charge in [-0.1, -0.05) is 38.1 Å². The normalized spacial score (nSPS) is 21.2. The second kappa shape index (κ2) is 9.48. The average Bonchev–Trinajstić information content (AvgIpc) is 2.66. The third kappa shape index (κ3) is 5.52. The van der Waals surface area contributed by atoms with E-state index >= 15 is 0 Å². The first-order valence-electron chi connectivity index (χ1n) is 9.93. The van der Waals surface area contributed by atoms with Gasteiger partial charge in [-0.3, -0.25) is 13.9 Å². The number of piperidine rings is 1. The SMILES string of the molecule is CC1CC(C)CN(Cc2ccccc2CNC(=O)c2ccc(S(C)=O)cc2)C1. The van der Waals surface area contributed by atoms with Crippen LogP contribution in [-0.2, 0) is 23.9 Å². The lowest BCUT2D eigenvalue weighted by atomic mass is 9.91. The number of amides is 1. The Bertz CT molecular complexity index is 825. The van der Waals surface area contributed by atoms with Crippen LogP contribution < -0.4 is 5.32 Å². The molecule has 0 aromatic heterocycles. The van der Waals surface area contributed by atoms with Crippen molar-refractivity contribution in [1.29, 1.82) is 0 Å². The molecular weight excluding hydrogens is 368 g/mol. The summed E-state index contributed by atoms with van der Waals surface area (Å²) in [4.78, 5) is 15.7. The first kappa shape index (κ1) is 20.7. The maximum absolute atomic E-state index is 12.5. The van der Waals surface area contributed by atoms with Crippen LogP contribution in [0.1, 0.15) is 41.8 Å². The molecule has 1 saturated heterocycles. The molecule has 3 unspecified atom stereocenters. The Labute approximate surface area is 170 Å². The van der Waals surface area contributed by atoms with E-state index in [4.69, 9.17) is 0 Å². The predicted molar refractivity (Wildman–Crippen MR) is 115 cm³/mol. The summed E-state index contributed by atoms with van der Waals surface area (Å²) >= 11 is 0. The summed E-state index contributed by atoms with van der Waals surface area (Å²) in [7, 11) is -1.03. The van der Waals surface area contributed by atoms with Gasteiger partial charge < -0.3 is 5.32 Å². The van der Waals surface area contributed by atoms with Crippen molar-refractivity contribution in [2.75, 3.05) is 19.3 Å². The highest BCUT2D eigenvalue weighted by Crippen LogP contribution is 2.23. The van der Waals surface area contributed by atoms with Gasteiger partial charge in [0.05, 0.1) is 0 Å². The minimum atomic E-state index is -1.03. The van der Waals surface area contributed by atoms with Gasteiger partial charge in [0.2, 0.25) is 0 Å². The topological polar surface area (TPSA) is 49.4 Å². The lowest BCUT2D eigenvalue weighted by Crippen LogP contribution is -2.38. The van der Waals surface area contributed by atoms with E-state index in [2.05, 4.69) is 42.3 Å². The number of nitrogens with zero attached hydrogens (tertiary/aromatic N) is 1. The fourth-order valence-corrected chi connectivity index (χ4v) is 4.64. The second-order valence-electron chi connectivity index (χ2n) is 8.07. The quantitative estimate of drug-likeness (QED) is 0.804. The molecule has 5 heteroatoms. The molecule has 1 N–H and O–H groups in total. The summed E-state index contributed by atoms with van der Waals surface area (Å²) < 4.78 is 11.5. The van der Waals surface area contributed by atoms with Crippen molar-refractivity contribution in [3.05, 3.63) is 65.2 Å². The zero-order valence-corrected chi connectivity index (χ0v) is 17.8. The molecule has 28 heavy (non-hydrogen) atoms. The highest BCUT2D eigenvalue weighted by atomic mass is 32.2. The van der Waals surface area contributed by atoms with E-state index in [1.807, 2.05) is 6.07 Å². The largest absolute Gasteiger partial charge is 0.348 e. The van der Waals surface area contributed by atoms with Crippen molar-refractivity contribution in [3.8, 4) is 0 Å². The van der Waals surface area contributed by atoms with Crippen LogP contribution in [0.4, 0.5) is 0 Å². The molecule has 1 amide bonds. The highest BCUT2D eigenvalue weighted by Gasteiger charge is 2.22. The number of rotatable bonds is 6. The van der Waals surface area contributed by atoms with Gasteiger partial charge >= 0.3 is 0 Å². The maximum atomic E-state index is 12.5. The van der Waals surface area contributed by atoms with Crippen molar-refractivity contribution in [2.24, 2.45) is 11.8 Å². The van der Waals surface area contributed by atoms with Crippen molar-refractivity contribution >= 4 is 16.7 Å². The van der Waals surface area contributed by atoms with Crippen molar-refractivity contribution in [2.45, 2.75) is 38.3 Å². The van der Waals surface area contributed by atoms with Crippen LogP contribution in [0, 0.1) is 11.8 Å². The molecule has 1 aliphatic rings. The Morgan fingerprint density at radius 1 is 1.04 bits per heavy atom. The number of carbonyl (C=O) groups is 1. The zero-order chi connectivity index (χ0) is 20.1. The second-order valence-corrected chi connectivity index (χ2v) is 9.45. The predicted octanol–water partition coefficient (Wildman–Crippen LogP) is 3.83. The lowest BCUT2D eigenvalue weighted by molar-refractivity contribution is 0.0950. The van der Waals surface area contributed by atoms with E-state index in [-0.39, 0.29) is 5.91 Å². The molecule has 0 saturated carbocycles. The highest BCUT2D eigenvalue weighted by molar-refractivity contribution is 7.84. The summed E-state index contributed by atoms with van der Waals surface area (Å²) in [5.41, 5.74) is 3.03. The van der Waals surface area contributed by atoms with E-state index < -0.39 is 10.8 Å². The molecule has 0 radical (unpaired) electrons. The molecular formula is C23H30N2O2S. The van der Waals surface area contributed by atoms with Crippen LogP contribution in [0.3, 0.4) is 0 Å². The third-order valence-electron chi connectivity index (χ3n) is 5.34. The molecule has 0 aliphatic carbocycles. The number of hydrogen-bond acceptors (Lipinski definition) is 3. The van der Waals surface area contributed by atoms with Crippen molar-refractivity contribution in [1.82, 2.24) is 10.2 Å². The van der Waals surface area contributed by atoms with E-state index in [0.717, 1.165) is 41.9 Å². The maximum Gasteiger partial charge on any atom is 0.251 e. The molecule has 0 spiro atoms. The van der Waals surface area contributed by atoms with Gasteiger partial charge in [0.1, 0.15) is 0 Å². The number of likely N-dealkylation sites (tertiary alicyclic amines) is 1. The minimum Gasteiger partial charge on any atom is -0.348 e. The van der Waals surface area contributed by atoms with Gasteiger partial charge in [0, 0.05) is 53.7 Å². The summed E-state index contributed by atoms with van der Waals surface area (Å²) in [6, 6.07) is 15.3. The number of nitrogens with one attached hydrogen (secondary N) is 1. The van der Waals surface area contributed by atoms with Gasteiger partial charge in [0.15, 0.2) is 0 Å². The van der Waals surface area contributed by atoms with Crippen molar-refractivity contribution < 1.29 is 9.00 Å². The smallest absolute Gasteiger partial charge is 0.251 e. The molecule has 3 atom stereocenters. The lowest BCUT2D eigenvalue weighted by Gasteiger charge is -2.35. The summed E-state index contributed by atoms with van der Waals surface area (Å²) in [6.45, 7) is 8.36. The molecule has 1 fully saturated rings. The first-order valence-corrected chi connectivity index (χ1v) is 11.5. The monoisotopic (exact) mass is 398 g/mol. The van der Waals surface area contributed by atoms with E-state index in [1.54, 1.807) is 30.5 Å². The summed E-state index contributed by atoms with van der Waals surface area (Å²) in [5, 5.41) is 3.03. The van der Waals surface area contributed by atoms with Gasteiger partial charge in [-0.15, -0.1) is 0 Å². The Balaban J connectivity index is 1.63. The Morgan fingerprint density at radius 2 is 1.64 bits per heavy atom. The Hall–Kier alpha value is -1.98. The molecule has 1 aliphatic heterocycles. The van der Waals surface area contributed by atoms with Crippen LogP contribution in [0.5, 0.6) is 0 Å². The molecule has 3 rings (SSSR count). The van der Waals surface area contributed by atoms with Crippen molar-refractivity contribution in [3.63, 3.8) is 0 Å². The third-order valence-corrected chi connectivity index (χ3v) is 6.28. The Kier molecular flexibility index (Phi) is 7.03. The fraction of sp³-hybridized carbons (Fsp3) is 0.435. The molecule has 0 bridgehead atoms.